The minimum atomic E-state index is -2.12. The second-order valence-electron chi connectivity index (χ2n) is 15.5. The van der Waals surface area contributed by atoms with Gasteiger partial charge >= 0.3 is 0 Å². The van der Waals surface area contributed by atoms with Crippen molar-refractivity contribution in [3.8, 4) is 56.4 Å². The molecular formula is C51H33N3O2Si. The Labute approximate surface area is 328 Å². The molecule has 0 saturated carbocycles. The van der Waals surface area contributed by atoms with Crippen LogP contribution in [0.5, 0.6) is 0 Å². The van der Waals surface area contributed by atoms with Crippen molar-refractivity contribution >= 4 is 73.1 Å². The highest BCUT2D eigenvalue weighted by molar-refractivity contribution is 7.04. The zero-order valence-corrected chi connectivity index (χ0v) is 32.2. The number of hydrogen-bond donors (Lipinski definition) is 0. The van der Waals surface area contributed by atoms with Crippen molar-refractivity contribution < 1.29 is 8.83 Å². The van der Waals surface area contributed by atoms with Gasteiger partial charge in [0.2, 0.25) is 0 Å². The molecule has 5 nitrogen and oxygen atoms in total. The number of hydrogen-bond acceptors (Lipinski definition) is 5. The van der Waals surface area contributed by atoms with Crippen LogP contribution in [0, 0.1) is 0 Å². The molecule has 11 aromatic rings. The van der Waals surface area contributed by atoms with Gasteiger partial charge in [0.05, 0.1) is 0 Å². The van der Waals surface area contributed by atoms with Gasteiger partial charge in [-0.1, -0.05) is 147 Å². The standard InChI is InChI=1S/C51H33N3O2Si/c1-57(2)43-21-10-7-16-37(43)47-44(57)29-39(46-36-15-6-9-19-41(36)56-48(46)47)51-53-49(32-25-22-31(23-26-32)34-27-24-30-12-3-4-13-33(30)28-34)52-50(54-51)38-17-11-20-42-45(38)35-14-5-8-18-40(35)55-42/h3-29H,1-2H3. The van der Waals surface area contributed by atoms with E-state index < -0.39 is 8.07 Å². The van der Waals surface area contributed by atoms with Gasteiger partial charge in [-0.25, -0.2) is 15.0 Å². The van der Waals surface area contributed by atoms with Crippen molar-refractivity contribution in [1.29, 1.82) is 0 Å². The summed E-state index contributed by atoms with van der Waals surface area (Å²) >= 11 is 0. The molecule has 6 heteroatoms. The third kappa shape index (κ3) is 4.77. The van der Waals surface area contributed by atoms with E-state index in [1.54, 1.807) is 0 Å². The summed E-state index contributed by atoms with van der Waals surface area (Å²) in [6.07, 6.45) is 0. The number of rotatable bonds is 4. The number of para-hydroxylation sites is 2. The molecular weight excluding hydrogens is 715 g/mol. The number of fused-ring (bicyclic) bond motifs is 11. The van der Waals surface area contributed by atoms with Crippen LogP contribution in [0.2, 0.25) is 13.1 Å². The van der Waals surface area contributed by atoms with Gasteiger partial charge in [-0.05, 0) is 68.2 Å². The van der Waals surface area contributed by atoms with Gasteiger partial charge in [-0.15, -0.1) is 0 Å². The molecule has 0 atom stereocenters. The van der Waals surface area contributed by atoms with Crippen LogP contribution in [0.1, 0.15) is 0 Å². The predicted molar refractivity (Wildman–Crippen MR) is 236 cm³/mol. The van der Waals surface area contributed by atoms with E-state index in [0.717, 1.165) is 71.7 Å². The van der Waals surface area contributed by atoms with E-state index in [2.05, 4.69) is 140 Å². The molecule has 0 unspecified atom stereocenters. The van der Waals surface area contributed by atoms with E-state index >= 15 is 0 Å². The Balaban J connectivity index is 1.12. The van der Waals surface area contributed by atoms with Crippen molar-refractivity contribution in [2.45, 2.75) is 13.1 Å². The normalized spacial score (nSPS) is 13.2. The van der Waals surface area contributed by atoms with Crippen LogP contribution in [0.4, 0.5) is 0 Å². The van der Waals surface area contributed by atoms with E-state index in [0.29, 0.717) is 17.5 Å². The van der Waals surface area contributed by atoms with Crippen LogP contribution in [0.25, 0.3) is 111 Å². The van der Waals surface area contributed by atoms with E-state index in [1.165, 1.54) is 32.3 Å². The van der Waals surface area contributed by atoms with Gasteiger partial charge in [0.25, 0.3) is 0 Å². The van der Waals surface area contributed by atoms with Crippen molar-refractivity contribution in [1.82, 2.24) is 15.0 Å². The van der Waals surface area contributed by atoms with Gasteiger partial charge in [0.15, 0.2) is 17.5 Å². The lowest BCUT2D eigenvalue weighted by molar-refractivity contribution is 0.669. The summed E-state index contributed by atoms with van der Waals surface area (Å²) < 4.78 is 13.2. The molecule has 0 radical (unpaired) electrons. The number of aromatic nitrogens is 3. The SMILES string of the molecule is C[Si]1(C)c2ccccc2-c2c1cc(-c1nc(-c3ccc(-c4ccc5ccccc5c4)cc3)nc(-c3cccc4oc5ccccc5c34)n1)c1c2oc2ccccc21. The molecule has 268 valence electrons. The Hall–Kier alpha value is -7.15. The highest BCUT2D eigenvalue weighted by Gasteiger charge is 2.40. The van der Waals surface area contributed by atoms with Crippen LogP contribution in [0.15, 0.2) is 173 Å². The fourth-order valence-corrected chi connectivity index (χ4v) is 12.2. The first kappa shape index (κ1) is 32.1. The quantitative estimate of drug-likeness (QED) is 0.168. The largest absolute Gasteiger partial charge is 0.456 e. The maximum absolute atomic E-state index is 6.85. The molecule has 0 spiro atoms. The average Bonchev–Trinajstić information content (AvgIpc) is 3.91. The minimum Gasteiger partial charge on any atom is -0.456 e. The molecule has 0 saturated heterocycles. The topological polar surface area (TPSA) is 65.0 Å². The average molecular weight is 748 g/mol. The zero-order chi connectivity index (χ0) is 37.8. The lowest BCUT2D eigenvalue weighted by Gasteiger charge is -2.19. The second kappa shape index (κ2) is 11.9. The molecule has 3 aromatic heterocycles. The molecule has 0 amide bonds. The Morgan fingerprint density at radius 1 is 0.404 bits per heavy atom. The highest BCUT2D eigenvalue weighted by atomic mass is 28.3. The molecule has 0 N–H and O–H groups in total. The number of benzene rings is 8. The number of nitrogens with zero attached hydrogens (tertiary/aromatic N) is 3. The summed E-state index contributed by atoms with van der Waals surface area (Å²) in [6, 6.07) is 57.5. The predicted octanol–water partition coefficient (Wildman–Crippen LogP) is 12.3. The van der Waals surface area contributed by atoms with Crippen molar-refractivity contribution in [2.75, 3.05) is 0 Å². The second-order valence-corrected chi connectivity index (χ2v) is 19.9. The van der Waals surface area contributed by atoms with Crippen LogP contribution in [-0.4, -0.2) is 23.0 Å². The summed E-state index contributed by atoms with van der Waals surface area (Å²) in [6.45, 7) is 4.87. The smallest absolute Gasteiger partial charge is 0.164 e. The third-order valence-electron chi connectivity index (χ3n) is 11.9. The monoisotopic (exact) mass is 747 g/mol. The highest BCUT2D eigenvalue weighted by Crippen LogP contribution is 2.44. The summed E-state index contributed by atoms with van der Waals surface area (Å²) in [4.78, 5) is 16.0. The first-order valence-corrected chi connectivity index (χ1v) is 22.3. The molecule has 12 rings (SSSR count). The summed E-state index contributed by atoms with van der Waals surface area (Å²) in [7, 11) is -2.12. The lowest BCUT2D eigenvalue weighted by Crippen LogP contribution is -2.49. The molecule has 0 bridgehead atoms. The van der Waals surface area contributed by atoms with Crippen molar-refractivity contribution in [2.24, 2.45) is 0 Å². The fraction of sp³-hybridized carbons (Fsp3) is 0.0392. The van der Waals surface area contributed by atoms with E-state index in [1.807, 2.05) is 36.4 Å². The first-order chi connectivity index (χ1) is 28.0. The maximum Gasteiger partial charge on any atom is 0.164 e. The van der Waals surface area contributed by atoms with Gasteiger partial charge in [0, 0.05) is 43.8 Å². The lowest BCUT2D eigenvalue weighted by atomic mass is 9.98. The Morgan fingerprint density at radius 3 is 1.82 bits per heavy atom. The molecule has 0 fully saturated rings. The molecule has 4 heterocycles. The zero-order valence-electron chi connectivity index (χ0n) is 31.2. The molecule has 57 heavy (non-hydrogen) atoms. The Bertz CT molecular complexity index is 3450. The Morgan fingerprint density at radius 2 is 1.00 bits per heavy atom. The van der Waals surface area contributed by atoms with E-state index in [-0.39, 0.29) is 0 Å². The molecule has 1 aliphatic heterocycles. The van der Waals surface area contributed by atoms with Crippen LogP contribution >= 0.6 is 0 Å². The molecule has 1 aliphatic rings. The van der Waals surface area contributed by atoms with Crippen molar-refractivity contribution in [3.05, 3.63) is 164 Å². The van der Waals surface area contributed by atoms with Gasteiger partial charge in [-0.2, -0.15) is 0 Å². The van der Waals surface area contributed by atoms with Crippen molar-refractivity contribution in [3.63, 3.8) is 0 Å². The molecule has 8 aromatic carbocycles. The van der Waals surface area contributed by atoms with Crippen LogP contribution < -0.4 is 10.4 Å². The number of furan rings is 2. The summed E-state index contributed by atoms with van der Waals surface area (Å²) in [5.41, 5.74) is 10.9. The summed E-state index contributed by atoms with van der Waals surface area (Å²) in [5, 5.41) is 9.26. The van der Waals surface area contributed by atoms with Gasteiger partial charge < -0.3 is 8.83 Å². The minimum absolute atomic E-state index is 0.590. The first-order valence-electron chi connectivity index (χ1n) is 19.3. The van der Waals surface area contributed by atoms with E-state index in [4.69, 9.17) is 23.8 Å². The van der Waals surface area contributed by atoms with Gasteiger partial charge in [-0.3, -0.25) is 0 Å². The molecule has 0 aliphatic carbocycles. The van der Waals surface area contributed by atoms with Gasteiger partial charge in [0.1, 0.15) is 30.4 Å². The third-order valence-corrected chi connectivity index (χ3v) is 15.5. The summed E-state index contributed by atoms with van der Waals surface area (Å²) in [5.74, 6) is 1.80. The fourth-order valence-electron chi connectivity index (χ4n) is 9.12. The van der Waals surface area contributed by atoms with E-state index in [9.17, 15) is 0 Å². The van der Waals surface area contributed by atoms with Crippen LogP contribution in [0.3, 0.4) is 0 Å². The van der Waals surface area contributed by atoms with Crippen LogP contribution in [-0.2, 0) is 0 Å². The Kier molecular flexibility index (Phi) is 6.72. The maximum atomic E-state index is 6.85.